The molecule has 0 aliphatic heterocycles. The van der Waals surface area contributed by atoms with Gasteiger partial charge in [0.2, 0.25) is 0 Å². The third-order valence-corrected chi connectivity index (χ3v) is 4.34. The standard InChI is InChI=1S/C14H30N2/c1-5-7-12(2)16(4)11-10-13-8-6-9-14(13)15-3/h12-15H,5-11H2,1-4H3. The lowest BCUT2D eigenvalue weighted by molar-refractivity contribution is 0.220. The maximum absolute atomic E-state index is 3.47. The lowest BCUT2D eigenvalue weighted by atomic mass is 9.99. The van der Waals surface area contributed by atoms with Crippen LogP contribution in [0, 0.1) is 5.92 Å². The second kappa shape index (κ2) is 7.29. The van der Waals surface area contributed by atoms with E-state index in [2.05, 4.69) is 38.2 Å². The molecule has 16 heavy (non-hydrogen) atoms. The number of rotatable bonds is 7. The molecule has 0 amide bonds. The van der Waals surface area contributed by atoms with E-state index in [4.69, 9.17) is 0 Å². The zero-order chi connectivity index (χ0) is 12.0. The summed E-state index contributed by atoms with van der Waals surface area (Å²) in [5, 5.41) is 3.47. The van der Waals surface area contributed by atoms with Crippen molar-refractivity contribution in [3.63, 3.8) is 0 Å². The van der Waals surface area contributed by atoms with Crippen molar-refractivity contribution in [3.05, 3.63) is 0 Å². The summed E-state index contributed by atoms with van der Waals surface area (Å²) in [6, 6.07) is 1.54. The van der Waals surface area contributed by atoms with Crippen LogP contribution in [0.2, 0.25) is 0 Å². The minimum absolute atomic E-state index is 0.749. The molecule has 0 aromatic heterocycles. The topological polar surface area (TPSA) is 15.3 Å². The fourth-order valence-electron chi connectivity index (χ4n) is 2.99. The Kier molecular flexibility index (Phi) is 6.37. The SMILES string of the molecule is CCCC(C)N(C)CCC1CCCC1NC. The molecule has 3 atom stereocenters. The van der Waals surface area contributed by atoms with Gasteiger partial charge in [0.25, 0.3) is 0 Å². The van der Waals surface area contributed by atoms with E-state index < -0.39 is 0 Å². The highest BCUT2D eigenvalue weighted by Gasteiger charge is 2.25. The zero-order valence-corrected chi connectivity index (χ0v) is 11.6. The van der Waals surface area contributed by atoms with Gasteiger partial charge in [-0.3, -0.25) is 0 Å². The number of nitrogens with zero attached hydrogens (tertiary/aromatic N) is 1. The third kappa shape index (κ3) is 4.06. The van der Waals surface area contributed by atoms with Crippen LogP contribution in [0.5, 0.6) is 0 Å². The largest absolute Gasteiger partial charge is 0.317 e. The average molecular weight is 226 g/mol. The molecule has 1 N–H and O–H groups in total. The summed E-state index contributed by atoms with van der Waals surface area (Å²) >= 11 is 0. The van der Waals surface area contributed by atoms with Crippen molar-refractivity contribution in [2.24, 2.45) is 5.92 Å². The van der Waals surface area contributed by atoms with Gasteiger partial charge in [-0.05, 0) is 59.2 Å². The van der Waals surface area contributed by atoms with Crippen LogP contribution in [-0.2, 0) is 0 Å². The third-order valence-electron chi connectivity index (χ3n) is 4.34. The number of nitrogens with one attached hydrogen (secondary N) is 1. The maximum atomic E-state index is 3.47. The van der Waals surface area contributed by atoms with Crippen LogP contribution in [0.3, 0.4) is 0 Å². The molecule has 0 heterocycles. The Balaban J connectivity index is 2.22. The first-order chi connectivity index (χ1) is 7.69. The highest BCUT2D eigenvalue weighted by atomic mass is 15.1. The number of hydrogen-bond acceptors (Lipinski definition) is 2. The molecule has 1 saturated carbocycles. The first-order valence-electron chi connectivity index (χ1n) is 7.06. The normalized spacial score (nSPS) is 27.6. The molecular weight excluding hydrogens is 196 g/mol. The Bertz CT molecular complexity index is 182. The van der Waals surface area contributed by atoms with E-state index in [1.165, 1.54) is 45.1 Å². The van der Waals surface area contributed by atoms with E-state index in [1.807, 2.05) is 0 Å². The Morgan fingerprint density at radius 3 is 2.75 bits per heavy atom. The quantitative estimate of drug-likeness (QED) is 0.718. The summed E-state index contributed by atoms with van der Waals surface area (Å²) in [5.41, 5.74) is 0. The lowest BCUT2D eigenvalue weighted by Gasteiger charge is -2.27. The molecule has 2 nitrogen and oxygen atoms in total. The van der Waals surface area contributed by atoms with E-state index in [1.54, 1.807) is 0 Å². The molecule has 0 bridgehead atoms. The summed E-state index contributed by atoms with van der Waals surface area (Å²) in [4.78, 5) is 2.54. The predicted molar refractivity (Wildman–Crippen MR) is 71.8 cm³/mol. The Labute approximate surface area is 102 Å². The Morgan fingerprint density at radius 2 is 2.12 bits per heavy atom. The van der Waals surface area contributed by atoms with Gasteiger partial charge in [-0.15, -0.1) is 0 Å². The fraction of sp³-hybridized carbons (Fsp3) is 1.00. The van der Waals surface area contributed by atoms with Gasteiger partial charge in [-0.25, -0.2) is 0 Å². The highest BCUT2D eigenvalue weighted by Crippen LogP contribution is 2.28. The van der Waals surface area contributed by atoms with Crippen LogP contribution in [0.4, 0.5) is 0 Å². The monoisotopic (exact) mass is 226 g/mol. The molecule has 3 unspecified atom stereocenters. The van der Waals surface area contributed by atoms with Crippen molar-refractivity contribution in [1.29, 1.82) is 0 Å². The molecular formula is C14H30N2. The van der Waals surface area contributed by atoms with Gasteiger partial charge in [-0.1, -0.05) is 19.8 Å². The van der Waals surface area contributed by atoms with E-state index in [9.17, 15) is 0 Å². The van der Waals surface area contributed by atoms with Crippen molar-refractivity contribution in [2.45, 2.75) is 64.5 Å². The smallest absolute Gasteiger partial charge is 0.00928 e. The minimum atomic E-state index is 0.749. The second-order valence-electron chi connectivity index (χ2n) is 5.49. The highest BCUT2D eigenvalue weighted by molar-refractivity contribution is 4.82. The molecule has 1 aliphatic carbocycles. The summed E-state index contributed by atoms with van der Waals surface area (Å²) in [5.74, 6) is 0.918. The molecule has 0 aromatic rings. The molecule has 1 rings (SSSR count). The van der Waals surface area contributed by atoms with Crippen LogP contribution in [0.1, 0.15) is 52.4 Å². The van der Waals surface area contributed by atoms with Gasteiger partial charge >= 0.3 is 0 Å². The van der Waals surface area contributed by atoms with Crippen molar-refractivity contribution in [2.75, 3.05) is 20.6 Å². The van der Waals surface area contributed by atoms with Gasteiger partial charge < -0.3 is 10.2 Å². The lowest BCUT2D eigenvalue weighted by Crippen LogP contribution is -2.34. The van der Waals surface area contributed by atoms with Gasteiger partial charge in [0.05, 0.1) is 0 Å². The molecule has 0 saturated heterocycles. The van der Waals surface area contributed by atoms with Crippen molar-refractivity contribution < 1.29 is 0 Å². The van der Waals surface area contributed by atoms with Gasteiger partial charge in [-0.2, -0.15) is 0 Å². The van der Waals surface area contributed by atoms with E-state index in [-0.39, 0.29) is 0 Å². The van der Waals surface area contributed by atoms with E-state index in [0.717, 1.165) is 18.0 Å². The summed E-state index contributed by atoms with van der Waals surface area (Å²) < 4.78 is 0. The molecule has 2 heteroatoms. The molecule has 1 aliphatic rings. The molecule has 0 radical (unpaired) electrons. The number of hydrogen-bond donors (Lipinski definition) is 1. The Hall–Kier alpha value is -0.0800. The summed E-state index contributed by atoms with van der Waals surface area (Å²) in [6.07, 6.45) is 8.24. The van der Waals surface area contributed by atoms with Crippen molar-refractivity contribution >= 4 is 0 Å². The van der Waals surface area contributed by atoms with E-state index >= 15 is 0 Å². The second-order valence-corrected chi connectivity index (χ2v) is 5.49. The van der Waals surface area contributed by atoms with Crippen LogP contribution in [-0.4, -0.2) is 37.6 Å². The van der Waals surface area contributed by atoms with Crippen LogP contribution in [0.15, 0.2) is 0 Å². The first-order valence-corrected chi connectivity index (χ1v) is 7.06. The van der Waals surface area contributed by atoms with Crippen LogP contribution < -0.4 is 5.32 Å². The zero-order valence-electron chi connectivity index (χ0n) is 11.6. The van der Waals surface area contributed by atoms with Gasteiger partial charge in [0.1, 0.15) is 0 Å². The van der Waals surface area contributed by atoms with Gasteiger partial charge in [0.15, 0.2) is 0 Å². The molecule has 96 valence electrons. The summed E-state index contributed by atoms with van der Waals surface area (Å²) in [7, 11) is 4.40. The fourth-order valence-corrected chi connectivity index (χ4v) is 2.99. The predicted octanol–water partition coefficient (Wildman–Crippen LogP) is 2.89. The molecule has 1 fully saturated rings. The average Bonchev–Trinajstić information content (AvgIpc) is 2.73. The van der Waals surface area contributed by atoms with Gasteiger partial charge in [0, 0.05) is 12.1 Å². The first kappa shape index (κ1) is 14.0. The molecule has 0 aromatic carbocycles. The minimum Gasteiger partial charge on any atom is -0.317 e. The Morgan fingerprint density at radius 1 is 1.38 bits per heavy atom. The van der Waals surface area contributed by atoms with Crippen molar-refractivity contribution in [3.8, 4) is 0 Å². The van der Waals surface area contributed by atoms with Crippen LogP contribution in [0.25, 0.3) is 0 Å². The van der Waals surface area contributed by atoms with Crippen molar-refractivity contribution in [1.82, 2.24) is 10.2 Å². The van der Waals surface area contributed by atoms with E-state index in [0.29, 0.717) is 0 Å². The molecule has 0 spiro atoms. The maximum Gasteiger partial charge on any atom is 0.00928 e. The summed E-state index contributed by atoms with van der Waals surface area (Å²) in [6.45, 7) is 5.90. The van der Waals surface area contributed by atoms with Crippen LogP contribution >= 0.6 is 0 Å².